The van der Waals surface area contributed by atoms with Gasteiger partial charge in [0, 0.05) is 69.5 Å². The van der Waals surface area contributed by atoms with Gasteiger partial charge in [0.05, 0.1) is 24.4 Å². The number of nitrogens with zero attached hydrogens (tertiary/aromatic N) is 5. The van der Waals surface area contributed by atoms with Gasteiger partial charge in [0.25, 0.3) is 0 Å². The number of methoxy groups -OCH3 is 1. The van der Waals surface area contributed by atoms with Gasteiger partial charge in [-0.1, -0.05) is 6.07 Å². The lowest BCUT2D eigenvalue weighted by Gasteiger charge is -2.39. The van der Waals surface area contributed by atoms with Crippen LogP contribution in [0.4, 0.5) is 5.82 Å². The van der Waals surface area contributed by atoms with Gasteiger partial charge in [-0.15, -0.1) is 11.8 Å². The highest BCUT2D eigenvalue weighted by atomic mass is 32.2. The van der Waals surface area contributed by atoms with E-state index in [0.29, 0.717) is 6.61 Å². The molecule has 7 nitrogen and oxygen atoms in total. The maximum absolute atomic E-state index is 10.1. The van der Waals surface area contributed by atoms with Crippen LogP contribution in [0.2, 0.25) is 0 Å². The van der Waals surface area contributed by atoms with Crippen molar-refractivity contribution in [3.8, 4) is 6.07 Å². The molecule has 0 unspecified atom stereocenters. The van der Waals surface area contributed by atoms with Crippen molar-refractivity contribution < 1.29 is 9.47 Å². The van der Waals surface area contributed by atoms with E-state index >= 15 is 0 Å². The van der Waals surface area contributed by atoms with Gasteiger partial charge in [0.15, 0.2) is 0 Å². The van der Waals surface area contributed by atoms with Gasteiger partial charge in [-0.3, -0.25) is 9.88 Å². The van der Waals surface area contributed by atoms with E-state index in [9.17, 15) is 5.26 Å². The van der Waals surface area contributed by atoms with Crippen LogP contribution >= 0.6 is 11.8 Å². The van der Waals surface area contributed by atoms with Crippen molar-refractivity contribution >= 4 is 17.6 Å². The van der Waals surface area contributed by atoms with Gasteiger partial charge >= 0.3 is 0 Å². The number of hydrogen-bond acceptors (Lipinski definition) is 8. The second-order valence-electron chi connectivity index (χ2n) is 9.15. The Morgan fingerprint density at radius 1 is 1.21 bits per heavy atom. The molecule has 2 aromatic rings. The van der Waals surface area contributed by atoms with Gasteiger partial charge in [-0.05, 0) is 38.0 Å². The lowest BCUT2D eigenvalue weighted by Crippen LogP contribution is -2.48. The number of nitriles is 1. The zero-order chi connectivity index (χ0) is 23.3. The molecule has 0 bridgehead atoms. The average molecular weight is 468 g/mol. The Hall–Kier alpha value is -2.18. The highest BCUT2D eigenvalue weighted by Gasteiger charge is 2.33. The predicted octanol–water partition coefficient (Wildman–Crippen LogP) is 3.30. The molecule has 0 spiro atoms. The first-order valence-electron chi connectivity index (χ1n) is 11.6. The summed E-state index contributed by atoms with van der Waals surface area (Å²) in [6, 6.07) is 8.46. The van der Waals surface area contributed by atoms with Crippen LogP contribution in [-0.4, -0.2) is 72.7 Å². The number of piperazine rings is 1. The SMILES string of the molecule is COCCN1CCN(c2nc(SCCc3ccccn3)c(C#N)c3c2COC(C)(C)C3)CC1. The van der Waals surface area contributed by atoms with Crippen molar-refractivity contribution in [2.75, 3.05) is 57.1 Å². The summed E-state index contributed by atoms with van der Waals surface area (Å²) < 4.78 is 11.4. The fraction of sp³-hybridized carbons (Fsp3) is 0.560. The number of fused-ring (bicyclic) bond motifs is 1. The Morgan fingerprint density at radius 3 is 2.73 bits per heavy atom. The van der Waals surface area contributed by atoms with E-state index in [1.165, 1.54) is 0 Å². The molecule has 1 saturated heterocycles. The molecule has 0 atom stereocenters. The van der Waals surface area contributed by atoms with Gasteiger partial charge in [-0.25, -0.2) is 4.98 Å². The Bertz CT molecular complexity index is 985. The third-order valence-electron chi connectivity index (χ3n) is 6.29. The third kappa shape index (κ3) is 5.85. The largest absolute Gasteiger partial charge is 0.383 e. The van der Waals surface area contributed by atoms with E-state index in [2.05, 4.69) is 34.7 Å². The lowest BCUT2D eigenvalue weighted by molar-refractivity contribution is -0.0402. The fourth-order valence-electron chi connectivity index (χ4n) is 4.41. The van der Waals surface area contributed by atoms with Crippen molar-refractivity contribution in [1.82, 2.24) is 14.9 Å². The molecule has 4 heterocycles. The molecule has 0 aromatic carbocycles. The van der Waals surface area contributed by atoms with Crippen LogP contribution in [0.5, 0.6) is 0 Å². The number of aromatic nitrogens is 2. The van der Waals surface area contributed by atoms with E-state index in [-0.39, 0.29) is 5.60 Å². The summed E-state index contributed by atoms with van der Waals surface area (Å²) in [5, 5.41) is 10.9. The topological polar surface area (TPSA) is 74.5 Å². The first-order chi connectivity index (χ1) is 16.0. The fourth-order valence-corrected chi connectivity index (χ4v) is 5.38. The zero-order valence-electron chi connectivity index (χ0n) is 19.8. The first kappa shape index (κ1) is 24.0. The summed E-state index contributed by atoms with van der Waals surface area (Å²) in [6.45, 7) is 10.2. The summed E-state index contributed by atoms with van der Waals surface area (Å²) in [5.74, 6) is 1.83. The number of rotatable bonds is 8. The summed E-state index contributed by atoms with van der Waals surface area (Å²) in [4.78, 5) is 14.3. The van der Waals surface area contributed by atoms with Crippen LogP contribution in [-0.2, 0) is 28.9 Å². The van der Waals surface area contributed by atoms with E-state index in [0.717, 1.165) is 91.2 Å². The number of aryl methyl sites for hydroxylation is 1. The third-order valence-corrected chi connectivity index (χ3v) is 7.26. The van der Waals surface area contributed by atoms with Crippen molar-refractivity contribution in [1.29, 1.82) is 5.26 Å². The highest BCUT2D eigenvalue weighted by molar-refractivity contribution is 7.99. The minimum absolute atomic E-state index is 0.286. The molecule has 0 radical (unpaired) electrons. The van der Waals surface area contributed by atoms with Crippen LogP contribution in [0.1, 0.15) is 36.2 Å². The minimum Gasteiger partial charge on any atom is -0.383 e. The second kappa shape index (κ2) is 10.8. The molecular weight excluding hydrogens is 434 g/mol. The van der Waals surface area contributed by atoms with E-state index < -0.39 is 0 Å². The summed E-state index contributed by atoms with van der Waals surface area (Å²) >= 11 is 1.66. The average Bonchev–Trinajstić information content (AvgIpc) is 2.82. The number of thioether (sulfide) groups is 1. The molecule has 0 N–H and O–H groups in total. The molecule has 2 aliphatic heterocycles. The smallest absolute Gasteiger partial charge is 0.135 e. The minimum atomic E-state index is -0.286. The van der Waals surface area contributed by atoms with Gasteiger partial charge in [-0.2, -0.15) is 5.26 Å². The van der Waals surface area contributed by atoms with Gasteiger partial charge in [0.2, 0.25) is 0 Å². The number of ether oxygens (including phenoxy) is 2. The van der Waals surface area contributed by atoms with Crippen LogP contribution in [0, 0.1) is 11.3 Å². The monoisotopic (exact) mass is 467 g/mol. The van der Waals surface area contributed by atoms with Crippen molar-refractivity contribution in [3.05, 3.63) is 46.8 Å². The Morgan fingerprint density at radius 2 is 2.03 bits per heavy atom. The summed E-state index contributed by atoms with van der Waals surface area (Å²) in [7, 11) is 1.75. The molecule has 1 fully saturated rings. The van der Waals surface area contributed by atoms with Gasteiger partial charge < -0.3 is 14.4 Å². The Balaban J connectivity index is 1.59. The number of hydrogen-bond donors (Lipinski definition) is 0. The Kier molecular flexibility index (Phi) is 7.86. The number of anilines is 1. The lowest BCUT2D eigenvalue weighted by atomic mass is 9.89. The van der Waals surface area contributed by atoms with Crippen LogP contribution in [0.15, 0.2) is 29.4 Å². The molecule has 33 heavy (non-hydrogen) atoms. The summed E-state index contributed by atoms with van der Waals surface area (Å²) in [5.41, 5.74) is 3.69. The number of pyridine rings is 2. The first-order valence-corrected chi connectivity index (χ1v) is 12.6. The van der Waals surface area contributed by atoms with Crippen molar-refractivity contribution in [2.24, 2.45) is 0 Å². The highest BCUT2D eigenvalue weighted by Crippen LogP contribution is 2.38. The molecule has 4 rings (SSSR count). The second-order valence-corrected chi connectivity index (χ2v) is 10.2. The van der Waals surface area contributed by atoms with E-state index in [1.54, 1.807) is 18.9 Å². The maximum Gasteiger partial charge on any atom is 0.135 e. The standard InChI is InChI=1S/C25H33N5O2S/c1-25(2)16-20-21(17-26)24(33-15-7-19-6-4-5-8-27-19)28-23(22(20)18-32-25)30-11-9-29(10-12-30)13-14-31-3/h4-6,8H,7,9-16,18H2,1-3H3. The van der Waals surface area contributed by atoms with Crippen LogP contribution in [0.3, 0.4) is 0 Å². The zero-order valence-corrected chi connectivity index (χ0v) is 20.7. The molecule has 0 saturated carbocycles. The predicted molar refractivity (Wildman–Crippen MR) is 131 cm³/mol. The molecule has 0 amide bonds. The van der Waals surface area contributed by atoms with E-state index in [4.69, 9.17) is 14.5 Å². The Labute approximate surface area is 201 Å². The molecule has 0 aliphatic carbocycles. The maximum atomic E-state index is 10.1. The quantitative estimate of drug-likeness (QED) is 0.548. The van der Waals surface area contributed by atoms with Crippen molar-refractivity contribution in [2.45, 2.75) is 43.9 Å². The van der Waals surface area contributed by atoms with Gasteiger partial charge in [0.1, 0.15) is 16.9 Å². The molecule has 2 aromatic heterocycles. The molecule has 2 aliphatic rings. The molecule has 8 heteroatoms. The normalized spacial score (nSPS) is 18.1. The molecular formula is C25H33N5O2S. The molecule has 176 valence electrons. The van der Waals surface area contributed by atoms with E-state index in [1.807, 2.05) is 24.4 Å². The van der Waals surface area contributed by atoms with Crippen LogP contribution < -0.4 is 4.90 Å². The summed E-state index contributed by atoms with van der Waals surface area (Å²) in [6.07, 6.45) is 3.39. The van der Waals surface area contributed by atoms with Crippen LogP contribution in [0.25, 0.3) is 0 Å². The van der Waals surface area contributed by atoms with Crippen molar-refractivity contribution in [3.63, 3.8) is 0 Å².